The van der Waals surface area contributed by atoms with Crippen LogP contribution in [0.25, 0.3) is 10.9 Å². The number of para-hydroxylation sites is 1. The number of rotatable bonds is 11. The van der Waals surface area contributed by atoms with E-state index in [9.17, 15) is 19.5 Å². The zero-order valence-electron chi connectivity index (χ0n) is 18.8. The highest BCUT2D eigenvalue weighted by atomic mass is 16.4. The Morgan fingerprint density at radius 1 is 0.971 bits per heavy atom. The van der Waals surface area contributed by atoms with E-state index in [0.717, 1.165) is 10.5 Å². The van der Waals surface area contributed by atoms with E-state index in [4.69, 9.17) is 17.2 Å². The molecule has 7 N–H and O–H groups in total. The molecule has 3 aromatic rings. The summed E-state index contributed by atoms with van der Waals surface area (Å²) in [6.07, 6.45) is 0.801. The van der Waals surface area contributed by atoms with Gasteiger partial charge in [-0.2, -0.15) is 0 Å². The topological polar surface area (TPSA) is 166 Å². The molecule has 34 heavy (non-hydrogen) atoms. The third-order valence-corrected chi connectivity index (χ3v) is 5.90. The Morgan fingerprint density at radius 2 is 1.65 bits per heavy atom. The van der Waals surface area contributed by atoms with Crippen molar-refractivity contribution in [3.63, 3.8) is 0 Å². The molecule has 0 fully saturated rings. The van der Waals surface area contributed by atoms with Gasteiger partial charge in [0, 0.05) is 5.39 Å². The summed E-state index contributed by atoms with van der Waals surface area (Å²) in [7, 11) is 0. The van der Waals surface area contributed by atoms with Crippen LogP contribution in [0.1, 0.15) is 35.2 Å². The minimum Gasteiger partial charge on any atom is -0.479 e. The van der Waals surface area contributed by atoms with Crippen LogP contribution in [-0.4, -0.2) is 46.5 Å². The number of nitrogens with zero attached hydrogens (tertiary/aromatic N) is 2. The van der Waals surface area contributed by atoms with Crippen LogP contribution in [0, 0.1) is 0 Å². The predicted octanol–water partition coefficient (Wildman–Crippen LogP) is 1.82. The Labute approximate surface area is 197 Å². The summed E-state index contributed by atoms with van der Waals surface area (Å²) in [5.74, 6) is -2.86. The number of amides is 2. The molecule has 0 bridgehead atoms. The molecule has 0 aliphatic carbocycles. The zero-order valence-corrected chi connectivity index (χ0v) is 18.8. The lowest BCUT2D eigenvalue weighted by Crippen LogP contribution is -2.60. The van der Waals surface area contributed by atoms with Crippen LogP contribution in [0.5, 0.6) is 0 Å². The first kappa shape index (κ1) is 24.8. The number of pyridine rings is 1. The van der Waals surface area contributed by atoms with E-state index in [2.05, 4.69) is 4.98 Å². The van der Waals surface area contributed by atoms with E-state index in [-0.39, 0.29) is 30.8 Å². The highest BCUT2D eigenvalue weighted by Crippen LogP contribution is 2.35. The molecule has 1 aromatic heterocycles. The summed E-state index contributed by atoms with van der Waals surface area (Å²) in [4.78, 5) is 44.2. The van der Waals surface area contributed by atoms with Gasteiger partial charge >= 0.3 is 5.97 Å². The quantitative estimate of drug-likeness (QED) is 0.336. The summed E-state index contributed by atoms with van der Waals surface area (Å²) < 4.78 is 0. The molecule has 0 aliphatic rings. The van der Waals surface area contributed by atoms with Gasteiger partial charge in [0.2, 0.25) is 5.91 Å². The Balaban J connectivity index is 2.25. The van der Waals surface area contributed by atoms with Crippen molar-refractivity contribution >= 4 is 34.5 Å². The predicted molar refractivity (Wildman–Crippen MR) is 130 cm³/mol. The number of aromatic nitrogens is 1. The molecule has 0 saturated heterocycles. The first-order valence-electron chi connectivity index (χ1n) is 11.0. The number of hydrogen-bond acceptors (Lipinski definition) is 6. The lowest BCUT2D eigenvalue weighted by Gasteiger charge is -2.41. The second-order valence-corrected chi connectivity index (χ2v) is 8.06. The van der Waals surface area contributed by atoms with Gasteiger partial charge in [0.15, 0.2) is 0 Å². The van der Waals surface area contributed by atoms with E-state index in [1.165, 1.54) is 6.07 Å². The number of aliphatic carboxylic acids is 1. The number of primary amides is 1. The lowest BCUT2D eigenvalue weighted by atomic mass is 9.84. The second kappa shape index (κ2) is 10.9. The number of hydrogen-bond donors (Lipinski definition) is 4. The van der Waals surface area contributed by atoms with Gasteiger partial charge in [-0.3, -0.25) is 14.5 Å². The Kier molecular flexibility index (Phi) is 7.93. The van der Waals surface area contributed by atoms with Crippen LogP contribution >= 0.6 is 0 Å². The van der Waals surface area contributed by atoms with Gasteiger partial charge in [0.1, 0.15) is 11.4 Å². The van der Waals surface area contributed by atoms with Gasteiger partial charge in [0.05, 0.1) is 17.6 Å². The number of benzene rings is 2. The Morgan fingerprint density at radius 3 is 2.26 bits per heavy atom. The number of carboxylic acids is 1. The molecular weight excluding hydrogens is 434 g/mol. The summed E-state index contributed by atoms with van der Waals surface area (Å²) in [6.45, 7) is -0.255. The molecule has 3 rings (SSSR count). The maximum absolute atomic E-state index is 13.3. The lowest BCUT2D eigenvalue weighted by molar-refractivity contribution is -0.146. The van der Waals surface area contributed by atoms with Crippen molar-refractivity contribution in [1.29, 1.82) is 0 Å². The normalized spacial score (nSPS) is 12.8. The van der Waals surface area contributed by atoms with E-state index >= 15 is 0 Å². The van der Waals surface area contributed by atoms with E-state index in [1.807, 2.05) is 30.3 Å². The molecule has 1 atom stereocenters. The van der Waals surface area contributed by atoms with E-state index < -0.39 is 29.9 Å². The number of aryl methyl sites for hydroxylation is 1. The first-order valence-corrected chi connectivity index (χ1v) is 11.0. The number of nitrogens with two attached hydrogens (primary N) is 3. The van der Waals surface area contributed by atoms with Crippen LogP contribution in [0.2, 0.25) is 0 Å². The summed E-state index contributed by atoms with van der Waals surface area (Å²) in [6, 6.07) is 17.9. The molecule has 0 saturated carbocycles. The van der Waals surface area contributed by atoms with Crippen molar-refractivity contribution in [2.45, 2.75) is 31.2 Å². The smallest absolute Gasteiger partial charge is 0.330 e. The Hall–Kier alpha value is -3.82. The van der Waals surface area contributed by atoms with E-state index in [0.29, 0.717) is 23.7 Å². The van der Waals surface area contributed by atoms with Gasteiger partial charge in [-0.15, -0.1) is 0 Å². The van der Waals surface area contributed by atoms with Gasteiger partial charge in [-0.1, -0.05) is 48.5 Å². The third kappa shape index (κ3) is 5.05. The molecule has 0 unspecified atom stereocenters. The average molecular weight is 464 g/mol. The number of carboxylic acid groups (broad SMARTS) is 1. The number of fused-ring (bicyclic) bond motifs is 1. The highest BCUT2D eigenvalue weighted by Gasteiger charge is 2.48. The third-order valence-electron chi connectivity index (χ3n) is 5.90. The first-order chi connectivity index (χ1) is 16.3. The molecule has 2 aromatic carbocycles. The molecule has 0 spiro atoms. The summed E-state index contributed by atoms with van der Waals surface area (Å²) in [5.41, 5.74) is 16.7. The van der Waals surface area contributed by atoms with Crippen molar-refractivity contribution in [1.82, 2.24) is 4.98 Å². The maximum atomic E-state index is 13.3. The number of anilines is 1. The van der Waals surface area contributed by atoms with Crippen LogP contribution in [0.3, 0.4) is 0 Å². The number of carbonyl (C=O) groups is 3. The minimum atomic E-state index is -1.74. The fourth-order valence-corrected chi connectivity index (χ4v) is 4.16. The minimum absolute atomic E-state index is 0.0457. The monoisotopic (exact) mass is 463 g/mol. The van der Waals surface area contributed by atoms with Gasteiger partial charge in [-0.05, 0) is 49.9 Å². The summed E-state index contributed by atoms with van der Waals surface area (Å²) in [5, 5.41) is 11.2. The van der Waals surface area contributed by atoms with E-state index in [1.54, 1.807) is 24.3 Å². The molecule has 2 amide bonds. The van der Waals surface area contributed by atoms with Crippen molar-refractivity contribution in [2.24, 2.45) is 17.2 Å². The van der Waals surface area contributed by atoms with Gasteiger partial charge in [0.25, 0.3) is 5.91 Å². The van der Waals surface area contributed by atoms with Crippen LogP contribution in [0.4, 0.5) is 5.82 Å². The van der Waals surface area contributed by atoms with Crippen molar-refractivity contribution < 1.29 is 19.5 Å². The second-order valence-electron chi connectivity index (χ2n) is 8.06. The molecule has 0 aliphatic heterocycles. The molecule has 0 radical (unpaired) electrons. The fourth-order valence-electron chi connectivity index (χ4n) is 4.16. The molecule has 1 heterocycles. The highest BCUT2D eigenvalue weighted by molar-refractivity contribution is 6.09. The zero-order chi connectivity index (χ0) is 24.7. The van der Waals surface area contributed by atoms with Crippen molar-refractivity contribution in [3.8, 4) is 0 Å². The average Bonchev–Trinajstić information content (AvgIpc) is 2.85. The largest absolute Gasteiger partial charge is 0.479 e. The van der Waals surface area contributed by atoms with Crippen molar-refractivity contribution in [3.05, 3.63) is 71.8 Å². The standard InChI is InChI=1S/C25H29N5O4/c26-14-6-12-25(24(33)34,13-11-17-7-2-1-3-8-17)30(21(31)16-27)23-19(22(28)32)15-18-9-4-5-10-20(18)29-23/h1-5,7-10,15H,6,11-14,16,26-27H2,(H2,28,32)(H,33,34)/t25-/m1/s1. The molecular formula is C25H29N5O4. The van der Waals surface area contributed by atoms with Crippen LogP contribution < -0.4 is 22.1 Å². The number of carbonyl (C=O) groups excluding carboxylic acids is 2. The molecule has 178 valence electrons. The van der Waals surface area contributed by atoms with Crippen LogP contribution in [0.15, 0.2) is 60.7 Å². The SMILES string of the molecule is NCCC[C@@](CCc1ccccc1)(C(=O)O)N(C(=O)CN)c1nc2ccccc2cc1C(N)=O. The van der Waals surface area contributed by atoms with Crippen LogP contribution in [-0.2, 0) is 16.0 Å². The fraction of sp³-hybridized carbons (Fsp3) is 0.280. The van der Waals surface area contributed by atoms with Gasteiger partial charge in [-0.25, -0.2) is 9.78 Å². The maximum Gasteiger partial charge on any atom is 0.330 e. The Bertz CT molecular complexity index is 1180. The summed E-state index contributed by atoms with van der Waals surface area (Å²) >= 11 is 0. The molecule has 9 nitrogen and oxygen atoms in total. The molecule has 9 heteroatoms. The van der Waals surface area contributed by atoms with Gasteiger partial charge < -0.3 is 22.3 Å². The van der Waals surface area contributed by atoms with Crippen molar-refractivity contribution in [2.75, 3.05) is 18.0 Å².